The number of esters is 1. The second-order valence-electron chi connectivity index (χ2n) is 7.60. The number of thiophene rings is 1. The fourth-order valence-electron chi connectivity index (χ4n) is 3.76. The smallest absolute Gasteiger partial charge is 0.325 e. The number of halogens is 1. The van der Waals surface area contributed by atoms with E-state index >= 15 is 0 Å². The van der Waals surface area contributed by atoms with Gasteiger partial charge in [0.05, 0.1) is 11.5 Å². The molecule has 0 bridgehead atoms. The summed E-state index contributed by atoms with van der Waals surface area (Å²) in [5.74, 6) is 2.60. The first-order valence-electron chi connectivity index (χ1n) is 10.9. The number of carbonyl (C=O) groups is 1. The van der Waals surface area contributed by atoms with Gasteiger partial charge >= 0.3 is 5.97 Å². The minimum absolute atomic E-state index is 0.104. The zero-order valence-corrected chi connectivity index (χ0v) is 20.0. The fourth-order valence-corrected chi connectivity index (χ4v) is 5.05. The summed E-state index contributed by atoms with van der Waals surface area (Å²) in [5.41, 5.74) is 1.92. The van der Waals surface area contributed by atoms with E-state index in [1.165, 1.54) is 0 Å². The number of para-hydroxylation sites is 1. The highest BCUT2D eigenvalue weighted by Gasteiger charge is 2.22. The summed E-state index contributed by atoms with van der Waals surface area (Å²) in [4.78, 5) is 12.9. The lowest BCUT2D eigenvalue weighted by Crippen LogP contribution is -2.17. The molecule has 0 saturated heterocycles. The van der Waals surface area contributed by atoms with Gasteiger partial charge in [-0.2, -0.15) is 0 Å². The summed E-state index contributed by atoms with van der Waals surface area (Å²) in [6.45, 7) is 2.47. The molecule has 0 unspecified atom stereocenters. The third-order valence-corrected chi connectivity index (χ3v) is 6.72. The van der Waals surface area contributed by atoms with Crippen LogP contribution in [0.3, 0.4) is 0 Å². The normalized spacial score (nSPS) is 12.1. The summed E-state index contributed by atoms with van der Waals surface area (Å²) >= 11 is 7.70. The van der Waals surface area contributed by atoms with Crippen LogP contribution in [0.15, 0.2) is 60.7 Å². The molecule has 0 radical (unpaired) electrons. The molecule has 1 N–H and O–H groups in total. The maximum atomic E-state index is 11.8. The fraction of sp³-hybridized carbons (Fsp3) is 0.192. The SMILES string of the molecule is CCOC(=O)CNc1ccccc1Cc1sc2cc3c(cc2c1Oc1ccc(Cl)cc1)OCO3. The van der Waals surface area contributed by atoms with Crippen molar-refractivity contribution in [2.45, 2.75) is 13.3 Å². The van der Waals surface area contributed by atoms with Crippen LogP contribution in [0.2, 0.25) is 5.02 Å². The van der Waals surface area contributed by atoms with Crippen molar-refractivity contribution in [3.05, 3.63) is 76.1 Å². The largest absolute Gasteiger partial charge is 0.465 e. The van der Waals surface area contributed by atoms with E-state index in [0.717, 1.165) is 37.7 Å². The van der Waals surface area contributed by atoms with Crippen LogP contribution in [0.1, 0.15) is 17.4 Å². The van der Waals surface area contributed by atoms with E-state index in [2.05, 4.69) is 5.32 Å². The molecule has 0 amide bonds. The topological polar surface area (TPSA) is 66.0 Å². The number of rotatable bonds is 8. The van der Waals surface area contributed by atoms with Crippen LogP contribution in [-0.2, 0) is 16.0 Å². The molecular weight excluding hydrogens is 474 g/mol. The van der Waals surface area contributed by atoms with Crippen LogP contribution in [0.5, 0.6) is 23.0 Å². The van der Waals surface area contributed by atoms with Gasteiger partial charge in [0.25, 0.3) is 0 Å². The van der Waals surface area contributed by atoms with Crippen molar-refractivity contribution in [2.75, 3.05) is 25.3 Å². The maximum absolute atomic E-state index is 11.8. The maximum Gasteiger partial charge on any atom is 0.325 e. The number of ether oxygens (including phenoxy) is 4. The molecule has 34 heavy (non-hydrogen) atoms. The molecule has 5 rings (SSSR count). The van der Waals surface area contributed by atoms with E-state index in [1.807, 2.05) is 48.5 Å². The van der Waals surface area contributed by atoms with Gasteiger partial charge in [-0.25, -0.2) is 0 Å². The Morgan fingerprint density at radius 1 is 1.09 bits per heavy atom. The van der Waals surface area contributed by atoms with Crippen LogP contribution >= 0.6 is 22.9 Å². The van der Waals surface area contributed by atoms with Gasteiger partial charge in [0.2, 0.25) is 6.79 Å². The summed E-state index contributed by atoms with van der Waals surface area (Å²) in [6.07, 6.45) is 0.612. The molecule has 174 valence electrons. The Labute approximate surface area is 206 Å². The molecule has 1 aliphatic rings. The number of nitrogens with one attached hydrogen (secondary N) is 1. The zero-order chi connectivity index (χ0) is 23.5. The molecule has 8 heteroatoms. The van der Waals surface area contributed by atoms with Gasteiger partial charge < -0.3 is 24.3 Å². The molecule has 2 heterocycles. The number of benzene rings is 3. The molecular formula is C26H22ClNO5S. The molecule has 6 nitrogen and oxygen atoms in total. The van der Waals surface area contributed by atoms with Crippen molar-refractivity contribution in [3.8, 4) is 23.0 Å². The van der Waals surface area contributed by atoms with Crippen LogP contribution in [0.4, 0.5) is 5.69 Å². The van der Waals surface area contributed by atoms with E-state index in [0.29, 0.717) is 29.5 Å². The zero-order valence-electron chi connectivity index (χ0n) is 18.4. The average molecular weight is 496 g/mol. The van der Waals surface area contributed by atoms with Crippen molar-refractivity contribution in [1.29, 1.82) is 0 Å². The van der Waals surface area contributed by atoms with E-state index in [9.17, 15) is 4.79 Å². The van der Waals surface area contributed by atoms with Crippen molar-refractivity contribution in [3.63, 3.8) is 0 Å². The summed E-state index contributed by atoms with van der Waals surface area (Å²) < 4.78 is 23.6. The van der Waals surface area contributed by atoms with Gasteiger partial charge in [-0.1, -0.05) is 29.8 Å². The summed E-state index contributed by atoms with van der Waals surface area (Å²) in [6, 6.07) is 19.2. The molecule has 0 fully saturated rings. The Morgan fingerprint density at radius 3 is 2.65 bits per heavy atom. The Kier molecular flexibility index (Phi) is 6.47. The van der Waals surface area contributed by atoms with Crippen LogP contribution in [-0.4, -0.2) is 25.9 Å². The van der Waals surface area contributed by atoms with Crippen molar-refractivity contribution < 1.29 is 23.7 Å². The summed E-state index contributed by atoms with van der Waals surface area (Å²) in [7, 11) is 0. The monoisotopic (exact) mass is 495 g/mol. The quantitative estimate of drug-likeness (QED) is 0.276. The molecule has 3 aromatic carbocycles. The Balaban J connectivity index is 1.51. The van der Waals surface area contributed by atoms with E-state index in [4.69, 9.17) is 30.5 Å². The average Bonchev–Trinajstić information content (AvgIpc) is 3.42. The predicted octanol–water partition coefficient (Wildman–Crippen LogP) is 6.64. The van der Waals surface area contributed by atoms with Crippen molar-refractivity contribution in [2.24, 2.45) is 0 Å². The molecule has 0 saturated carbocycles. The van der Waals surface area contributed by atoms with Crippen molar-refractivity contribution in [1.82, 2.24) is 0 Å². The van der Waals surface area contributed by atoms with E-state index in [1.54, 1.807) is 30.4 Å². The lowest BCUT2D eigenvalue weighted by molar-refractivity contribution is -0.140. The van der Waals surface area contributed by atoms with Gasteiger partial charge in [0.15, 0.2) is 11.5 Å². The minimum atomic E-state index is -0.291. The Hall–Kier alpha value is -3.42. The first-order valence-corrected chi connectivity index (χ1v) is 12.1. The van der Waals surface area contributed by atoms with Gasteiger partial charge in [-0.15, -0.1) is 11.3 Å². The number of anilines is 1. The lowest BCUT2D eigenvalue weighted by atomic mass is 10.1. The highest BCUT2D eigenvalue weighted by atomic mass is 35.5. The van der Waals surface area contributed by atoms with E-state index in [-0.39, 0.29) is 19.3 Å². The summed E-state index contributed by atoms with van der Waals surface area (Å²) in [5, 5.41) is 4.80. The molecule has 0 spiro atoms. The second kappa shape index (κ2) is 9.83. The third-order valence-electron chi connectivity index (χ3n) is 5.34. The van der Waals surface area contributed by atoms with Gasteiger partial charge in [0, 0.05) is 33.3 Å². The third kappa shape index (κ3) is 4.76. The second-order valence-corrected chi connectivity index (χ2v) is 9.18. The molecule has 0 aliphatic carbocycles. The van der Waals surface area contributed by atoms with E-state index < -0.39 is 0 Å². The molecule has 0 atom stereocenters. The number of fused-ring (bicyclic) bond motifs is 2. The minimum Gasteiger partial charge on any atom is -0.465 e. The number of hydrogen-bond acceptors (Lipinski definition) is 7. The van der Waals surface area contributed by atoms with Gasteiger partial charge in [-0.05, 0) is 48.9 Å². The predicted molar refractivity (Wildman–Crippen MR) is 134 cm³/mol. The molecule has 1 aromatic heterocycles. The Bertz CT molecular complexity index is 1340. The van der Waals surface area contributed by atoms with Gasteiger partial charge in [0.1, 0.15) is 18.0 Å². The molecule has 1 aliphatic heterocycles. The van der Waals surface area contributed by atoms with Crippen molar-refractivity contribution >= 4 is 44.7 Å². The van der Waals surface area contributed by atoms with Crippen LogP contribution in [0, 0.1) is 0 Å². The highest BCUT2D eigenvalue weighted by molar-refractivity contribution is 7.19. The first kappa shape index (κ1) is 22.4. The molecule has 4 aromatic rings. The van der Waals surface area contributed by atoms with Gasteiger partial charge in [-0.3, -0.25) is 4.79 Å². The van der Waals surface area contributed by atoms with Crippen LogP contribution < -0.4 is 19.5 Å². The first-order chi connectivity index (χ1) is 16.6. The standard InChI is InChI=1S/C26H22ClNO5S/c1-2-30-25(29)14-28-20-6-4-3-5-16(20)11-24-26(33-18-9-7-17(27)8-10-18)19-12-21-22(32-15-31-21)13-23(19)34-24/h3-10,12-13,28H,2,11,14-15H2,1H3. The number of carbonyl (C=O) groups excluding carboxylic acids is 1. The lowest BCUT2D eigenvalue weighted by Gasteiger charge is -2.13. The number of hydrogen-bond donors (Lipinski definition) is 1. The highest BCUT2D eigenvalue weighted by Crippen LogP contribution is 2.47. The Morgan fingerprint density at radius 2 is 1.85 bits per heavy atom. The van der Waals surface area contributed by atoms with Crippen LogP contribution in [0.25, 0.3) is 10.1 Å².